The molecule has 0 aromatic heterocycles. The first kappa shape index (κ1) is 35.8. The predicted octanol–water partition coefficient (Wildman–Crippen LogP) is 5.74. The van der Waals surface area contributed by atoms with Crippen molar-refractivity contribution in [1.29, 1.82) is 0 Å². The molecule has 0 saturated carbocycles. The molecule has 6 atom stereocenters. The maximum absolute atomic E-state index is 15.0. The van der Waals surface area contributed by atoms with Crippen molar-refractivity contribution >= 4 is 45.0 Å². The topological polar surface area (TPSA) is 99.6 Å². The van der Waals surface area contributed by atoms with Crippen molar-refractivity contribution < 1.29 is 29.0 Å². The number of carbonyl (C=O) groups excluding carboxylic acids is 3. The van der Waals surface area contributed by atoms with Gasteiger partial charge in [-0.25, -0.2) is 0 Å². The van der Waals surface area contributed by atoms with E-state index in [4.69, 9.17) is 9.47 Å². The molecule has 3 fully saturated rings. The van der Waals surface area contributed by atoms with Crippen molar-refractivity contribution in [3.05, 3.63) is 78.9 Å². The Morgan fingerprint density at radius 3 is 2.29 bits per heavy atom. The number of alkyl halides is 1. The van der Waals surface area contributed by atoms with Crippen LogP contribution in [0.15, 0.2) is 67.8 Å². The Morgan fingerprint density at radius 2 is 1.67 bits per heavy atom. The van der Waals surface area contributed by atoms with E-state index in [-0.39, 0.29) is 42.2 Å². The highest BCUT2D eigenvalue weighted by atomic mass is 79.9. The summed E-state index contributed by atoms with van der Waals surface area (Å²) in [7, 11) is 0. The van der Waals surface area contributed by atoms with Gasteiger partial charge >= 0.3 is 0 Å². The highest BCUT2D eigenvalue weighted by Gasteiger charge is 2.77. The predicted molar refractivity (Wildman–Crippen MR) is 192 cm³/mol. The normalized spacial score (nSPS) is 25.6. The van der Waals surface area contributed by atoms with Crippen molar-refractivity contribution in [3.63, 3.8) is 0 Å². The number of hydrogen-bond donors (Lipinski definition) is 1. The van der Waals surface area contributed by atoms with E-state index in [0.29, 0.717) is 43.9 Å². The molecule has 3 heterocycles. The summed E-state index contributed by atoms with van der Waals surface area (Å²) in [5.74, 6) is -1.62. The van der Waals surface area contributed by atoms with Crippen molar-refractivity contribution in [1.82, 2.24) is 4.90 Å². The molecular formula is C38H48BrN3O6. The molecule has 3 amide bonds. The van der Waals surface area contributed by atoms with Crippen molar-refractivity contribution in [2.45, 2.75) is 75.4 Å². The summed E-state index contributed by atoms with van der Waals surface area (Å²) in [5, 5.41) is 9.29. The molecule has 3 aliphatic heterocycles. The molecule has 3 unspecified atom stereocenters. The van der Waals surface area contributed by atoms with Crippen LogP contribution in [0.3, 0.4) is 0 Å². The third kappa shape index (κ3) is 6.46. The number of fused-ring (bicyclic) bond motifs is 1. The number of aryl methyl sites for hydroxylation is 2. The number of ether oxygens (including phenoxy) is 2. The van der Waals surface area contributed by atoms with E-state index < -0.39 is 29.6 Å². The monoisotopic (exact) mass is 721 g/mol. The van der Waals surface area contributed by atoms with Crippen LogP contribution in [-0.2, 0) is 19.1 Å². The minimum atomic E-state index is -1.19. The van der Waals surface area contributed by atoms with Gasteiger partial charge in [-0.1, -0.05) is 59.1 Å². The van der Waals surface area contributed by atoms with Crippen LogP contribution in [0.25, 0.3) is 0 Å². The molecule has 258 valence electrons. The molecule has 2 bridgehead atoms. The fourth-order valence-corrected chi connectivity index (χ4v) is 8.94. The van der Waals surface area contributed by atoms with E-state index in [9.17, 15) is 14.7 Å². The standard InChI is InChI=1S/C38H48BrN3O6/c1-6-20-40(27-16-18-28(19-17-27)47-8-3)35(44)30-31-36(45)42(22-11-9-10-12-23-43)34(38(31)24-29(39)33(30)48-38)37(46)41(21-7-2)32-25(4)14-13-15-26(32)5/h6-7,13-19,29-31,33-34,43H,1-2,8-12,20-24H2,3-5H3/t29?,30-,31-,33-,34?,38?/m0/s1. The zero-order valence-corrected chi connectivity index (χ0v) is 29.9. The average molecular weight is 723 g/mol. The van der Waals surface area contributed by atoms with Crippen LogP contribution in [0.5, 0.6) is 5.75 Å². The highest BCUT2D eigenvalue weighted by Crippen LogP contribution is 2.60. The number of unbranched alkanes of at least 4 members (excludes halogenated alkanes) is 3. The number of amides is 3. The molecule has 1 spiro atoms. The van der Waals surface area contributed by atoms with Crippen LogP contribution in [0, 0.1) is 25.7 Å². The van der Waals surface area contributed by atoms with Gasteiger partial charge in [0.15, 0.2) is 0 Å². The van der Waals surface area contributed by atoms with Crippen molar-refractivity contribution in [3.8, 4) is 5.75 Å². The van der Waals surface area contributed by atoms with Crippen LogP contribution in [0.2, 0.25) is 0 Å². The van der Waals surface area contributed by atoms with Gasteiger partial charge in [-0.05, 0) is 75.4 Å². The van der Waals surface area contributed by atoms with E-state index >= 15 is 4.79 Å². The van der Waals surface area contributed by atoms with Gasteiger partial charge in [0.25, 0.3) is 5.91 Å². The van der Waals surface area contributed by atoms with Crippen LogP contribution < -0.4 is 14.5 Å². The first-order valence-electron chi connectivity index (χ1n) is 17.0. The van der Waals surface area contributed by atoms with Gasteiger partial charge in [0, 0.05) is 42.4 Å². The molecule has 3 aliphatic rings. The smallest absolute Gasteiger partial charge is 0.253 e. The van der Waals surface area contributed by atoms with Crippen LogP contribution in [-0.4, -0.2) is 83.2 Å². The lowest BCUT2D eigenvalue weighted by molar-refractivity contribution is -0.140. The molecule has 9 nitrogen and oxygen atoms in total. The fourth-order valence-electron chi connectivity index (χ4n) is 8.00. The molecule has 1 N–H and O–H groups in total. The number of halogens is 1. The second kappa shape index (κ2) is 15.4. The molecule has 3 saturated heterocycles. The Morgan fingerprint density at radius 1 is 1.02 bits per heavy atom. The molecule has 5 rings (SSSR count). The number of rotatable bonds is 16. The summed E-state index contributed by atoms with van der Waals surface area (Å²) in [6, 6.07) is 12.3. The van der Waals surface area contributed by atoms with E-state index in [1.54, 1.807) is 26.9 Å². The number of hydrogen-bond acceptors (Lipinski definition) is 6. The van der Waals surface area contributed by atoms with Gasteiger partial charge in [0.1, 0.15) is 17.4 Å². The number of benzene rings is 2. The second-order valence-electron chi connectivity index (χ2n) is 13.0. The number of nitrogens with zero attached hydrogens (tertiary/aromatic N) is 3. The van der Waals surface area contributed by atoms with Gasteiger partial charge in [-0.15, -0.1) is 13.2 Å². The number of carbonyl (C=O) groups is 3. The Labute approximate surface area is 292 Å². The quantitative estimate of drug-likeness (QED) is 0.135. The molecule has 2 aromatic carbocycles. The van der Waals surface area contributed by atoms with Gasteiger partial charge in [-0.3, -0.25) is 14.4 Å². The van der Waals surface area contributed by atoms with Gasteiger partial charge in [0.2, 0.25) is 11.8 Å². The largest absolute Gasteiger partial charge is 0.494 e. The van der Waals surface area contributed by atoms with Crippen LogP contribution >= 0.6 is 15.9 Å². The minimum absolute atomic E-state index is 0.114. The summed E-state index contributed by atoms with van der Waals surface area (Å²) in [6.07, 6.45) is 6.17. The van der Waals surface area contributed by atoms with Gasteiger partial charge in [0.05, 0.1) is 24.5 Å². The number of anilines is 2. The summed E-state index contributed by atoms with van der Waals surface area (Å²) in [4.78, 5) is 49.2. The summed E-state index contributed by atoms with van der Waals surface area (Å²) < 4.78 is 12.5. The molecule has 10 heteroatoms. The number of aliphatic hydroxyl groups is 1. The van der Waals surface area contributed by atoms with E-state index in [2.05, 4.69) is 29.1 Å². The summed E-state index contributed by atoms with van der Waals surface area (Å²) >= 11 is 3.81. The third-order valence-electron chi connectivity index (χ3n) is 9.94. The van der Waals surface area contributed by atoms with Gasteiger partial charge < -0.3 is 29.3 Å². The van der Waals surface area contributed by atoms with Crippen LogP contribution in [0.1, 0.15) is 50.2 Å². The second-order valence-corrected chi connectivity index (χ2v) is 14.2. The first-order valence-corrected chi connectivity index (χ1v) is 17.9. The fraction of sp³-hybridized carbons (Fsp3) is 0.500. The highest BCUT2D eigenvalue weighted by molar-refractivity contribution is 9.09. The molecule has 48 heavy (non-hydrogen) atoms. The lowest BCUT2D eigenvalue weighted by Gasteiger charge is -2.38. The Kier molecular flexibility index (Phi) is 11.5. The van der Waals surface area contributed by atoms with E-state index in [1.807, 2.05) is 63.2 Å². The maximum Gasteiger partial charge on any atom is 0.253 e. The minimum Gasteiger partial charge on any atom is -0.494 e. The molecule has 0 radical (unpaired) electrons. The maximum atomic E-state index is 15.0. The zero-order valence-electron chi connectivity index (χ0n) is 28.3. The van der Waals surface area contributed by atoms with Crippen LogP contribution in [0.4, 0.5) is 11.4 Å². The number of aliphatic hydroxyl groups excluding tert-OH is 1. The van der Waals surface area contributed by atoms with E-state index in [0.717, 1.165) is 29.7 Å². The van der Waals surface area contributed by atoms with Crippen molar-refractivity contribution in [2.75, 3.05) is 42.6 Å². The summed E-state index contributed by atoms with van der Waals surface area (Å²) in [5.41, 5.74) is 2.15. The third-order valence-corrected chi connectivity index (χ3v) is 10.8. The lowest BCUT2D eigenvalue weighted by Crippen LogP contribution is -2.57. The molecule has 0 aliphatic carbocycles. The molecular weight excluding hydrogens is 674 g/mol. The first-order chi connectivity index (χ1) is 23.1. The Hall–Kier alpha value is -3.47. The lowest BCUT2D eigenvalue weighted by atomic mass is 9.70. The summed E-state index contributed by atoms with van der Waals surface area (Å²) in [6.45, 7) is 15.2. The number of likely N-dealkylation sites (tertiary alicyclic amines) is 1. The zero-order chi connectivity index (χ0) is 34.6. The van der Waals surface area contributed by atoms with E-state index in [1.165, 1.54) is 0 Å². The van der Waals surface area contributed by atoms with Gasteiger partial charge in [-0.2, -0.15) is 0 Å². The number of para-hydroxylation sites is 1. The average Bonchev–Trinajstić information content (AvgIpc) is 3.66. The SMILES string of the molecule is C=CCN(C(=O)[C@H]1[C@H]2C(=O)N(CCCCCCO)C(C(=O)N(CC=C)c3c(C)cccc3C)C23CC(Br)[C@@H]1O3)c1ccc(OCC)cc1. The Bertz CT molecular complexity index is 1490. The Balaban J connectivity index is 1.56. The molecule has 2 aromatic rings. The van der Waals surface area contributed by atoms with Crippen molar-refractivity contribution in [2.24, 2.45) is 11.8 Å².